The zero-order chi connectivity index (χ0) is 20.5. The Hall–Kier alpha value is -3.11. The maximum atomic E-state index is 12.1. The van der Waals surface area contributed by atoms with Gasteiger partial charge < -0.3 is 19.5 Å². The van der Waals surface area contributed by atoms with Gasteiger partial charge in [-0.3, -0.25) is 14.6 Å². The van der Waals surface area contributed by atoms with Gasteiger partial charge in [-0.25, -0.2) is 19.6 Å². The van der Waals surface area contributed by atoms with Crippen molar-refractivity contribution < 1.29 is 29.0 Å². The van der Waals surface area contributed by atoms with Crippen molar-refractivity contribution in [2.45, 2.75) is 32.5 Å². The molecule has 2 fully saturated rings. The predicted molar refractivity (Wildman–Crippen MR) is 96.2 cm³/mol. The van der Waals surface area contributed by atoms with E-state index in [0.717, 1.165) is 4.90 Å². The van der Waals surface area contributed by atoms with Crippen LogP contribution in [0.2, 0.25) is 0 Å². The van der Waals surface area contributed by atoms with E-state index in [1.54, 1.807) is 0 Å². The van der Waals surface area contributed by atoms with Gasteiger partial charge in [0.15, 0.2) is 5.82 Å². The van der Waals surface area contributed by atoms with Crippen LogP contribution in [0.3, 0.4) is 0 Å². The van der Waals surface area contributed by atoms with Crippen LogP contribution in [0.25, 0.3) is 0 Å². The number of carbonyl (C=O) groups excluding carboxylic acids is 2. The van der Waals surface area contributed by atoms with Gasteiger partial charge in [0, 0.05) is 13.1 Å². The van der Waals surface area contributed by atoms with E-state index in [1.165, 1.54) is 22.2 Å². The molecule has 11 nitrogen and oxygen atoms in total. The van der Waals surface area contributed by atoms with Crippen LogP contribution >= 0.6 is 0 Å². The number of carbonyl (C=O) groups is 3. The molecule has 0 aromatic carbocycles. The van der Waals surface area contributed by atoms with Gasteiger partial charge in [-0.15, -0.1) is 0 Å². The van der Waals surface area contributed by atoms with E-state index in [4.69, 9.17) is 14.6 Å². The molecule has 1 aromatic rings. The molecule has 28 heavy (non-hydrogen) atoms. The summed E-state index contributed by atoms with van der Waals surface area (Å²) in [7, 11) is 0. The van der Waals surface area contributed by atoms with E-state index in [9.17, 15) is 14.4 Å². The molecule has 1 N–H and O–H groups in total. The van der Waals surface area contributed by atoms with Crippen molar-refractivity contribution in [3.05, 3.63) is 12.4 Å². The Kier molecular flexibility index (Phi) is 5.25. The summed E-state index contributed by atoms with van der Waals surface area (Å²) in [6.45, 7) is 6.43. The first-order valence-electron chi connectivity index (χ1n) is 8.87. The zero-order valence-electron chi connectivity index (χ0n) is 16.0. The highest BCUT2D eigenvalue weighted by atomic mass is 16.6. The number of hydrogen-bond acceptors (Lipinski definition) is 7. The second kappa shape index (κ2) is 7.49. The van der Waals surface area contributed by atoms with Gasteiger partial charge in [0.1, 0.15) is 18.2 Å². The zero-order valence-corrected chi connectivity index (χ0v) is 16.0. The predicted octanol–water partition coefficient (Wildman–Crippen LogP) is 0.801. The third-order valence-electron chi connectivity index (χ3n) is 4.17. The van der Waals surface area contributed by atoms with Gasteiger partial charge in [-0.2, -0.15) is 0 Å². The molecule has 0 saturated carbocycles. The van der Waals surface area contributed by atoms with Gasteiger partial charge in [0.05, 0.1) is 25.5 Å². The lowest BCUT2D eigenvalue weighted by Crippen LogP contribution is -2.57. The number of hydrogen-bond donors (Lipinski definition) is 1. The van der Waals surface area contributed by atoms with Crippen molar-refractivity contribution >= 4 is 23.9 Å². The van der Waals surface area contributed by atoms with E-state index >= 15 is 0 Å². The molecule has 1 aromatic heterocycles. The van der Waals surface area contributed by atoms with Crippen molar-refractivity contribution in [2.24, 2.45) is 0 Å². The minimum absolute atomic E-state index is 0.201. The topological polar surface area (TPSA) is 125 Å². The molecule has 0 bridgehead atoms. The molecular weight excluding hydrogens is 370 g/mol. The molecule has 11 heteroatoms. The van der Waals surface area contributed by atoms with Crippen LogP contribution < -0.4 is 9.64 Å². The minimum atomic E-state index is -1.12. The lowest BCUT2D eigenvalue weighted by molar-refractivity contribution is -0.120. The summed E-state index contributed by atoms with van der Waals surface area (Å²) in [4.78, 5) is 47.3. The molecule has 2 aliphatic rings. The lowest BCUT2D eigenvalue weighted by atomic mass is 10.2. The fraction of sp³-hybridized carbons (Fsp3) is 0.588. The van der Waals surface area contributed by atoms with Crippen LogP contribution in [0.4, 0.5) is 15.4 Å². The summed E-state index contributed by atoms with van der Waals surface area (Å²) in [6, 6.07) is 0. The Labute approximate surface area is 161 Å². The molecule has 0 atom stereocenters. The quantitative estimate of drug-likeness (QED) is 0.799. The highest BCUT2D eigenvalue weighted by Gasteiger charge is 2.35. The summed E-state index contributed by atoms with van der Waals surface area (Å²) in [6.07, 6.45) is 1.11. The molecular formula is C17H23N5O6. The number of amides is 3. The molecule has 0 unspecified atom stereocenters. The van der Waals surface area contributed by atoms with Gasteiger partial charge in [-0.05, 0) is 20.8 Å². The first-order chi connectivity index (χ1) is 13.1. The third kappa shape index (κ3) is 4.59. The molecule has 2 aliphatic heterocycles. The summed E-state index contributed by atoms with van der Waals surface area (Å²) in [5.41, 5.74) is -0.544. The highest BCUT2D eigenvalue weighted by Crippen LogP contribution is 2.20. The molecule has 0 aliphatic carbocycles. The van der Waals surface area contributed by atoms with Crippen LogP contribution in [0.15, 0.2) is 12.4 Å². The van der Waals surface area contributed by atoms with E-state index in [-0.39, 0.29) is 43.6 Å². The lowest BCUT2D eigenvalue weighted by Gasteiger charge is -2.39. The minimum Gasteiger partial charge on any atom is -0.469 e. The van der Waals surface area contributed by atoms with Crippen molar-refractivity contribution in [2.75, 3.05) is 37.6 Å². The van der Waals surface area contributed by atoms with Crippen LogP contribution in [-0.4, -0.2) is 87.4 Å². The second-order valence-corrected chi connectivity index (χ2v) is 7.59. The average Bonchev–Trinajstić information content (AvgIpc) is 2.56. The fourth-order valence-electron chi connectivity index (χ4n) is 2.75. The van der Waals surface area contributed by atoms with Gasteiger partial charge in [0.2, 0.25) is 11.8 Å². The Morgan fingerprint density at radius 3 is 2.39 bits per heavy atom. The molecule has 3 amide bonds. The smallest absolute Gasteiger partial charge is 0.410 e. The maximum Gasteiger partial charge on any atom is 0.410 e. The Bertz CT molecular complexity index is 756. The number of ether oxygens (including phenoxy) is 2. The van der Waals surface area contributed by atoms with E-state index < -0.39 is 11.7 Å². The molecule has 152 valence electrons. The Morgan fingerprint density at radius 2 is 1.86 bits per heavy atom. The largest absolute Gasteiger partial charge is 0.469 e. The summed E-state index contributed by atoms with van der Waals surface area (Å²) in [5, 5.41) is 8.95. The number of aromatic nitrogens is 2. The van der Waals surface area contributed by atoms with Crippen molar-refractivity contribution in [1.82, 2.24) is 19.8 Å². The molecule has 2 saturated heterocycles. The Morgan fingerprint density at radius 1 is 1.14 bits per heavy atom. The molecule has 3 heterocycles. The summed E-state index contributed by atoms with van der Waals surface area (Å²) >= 11 is 0. The number of likely N-dealkylation sites (tertiary alicyclic amines) is 1. The van der Waals surface area contributed by atoms with Crippen molar-refractivity contribution in [3.63, 3.8) is 0 Å². The normalized spacial score (nSPS) is 18.0. The summed E-state index contributed by atoms with van der Waals surface area (Å²) < 4.78 is 10.9. The first-order valence-corrected chi connectivity index (χ1v) is 8.87. The van der Waals surface area contributed by atoms with E-state index in [1.807, 2.05) is 20.8 Å². The molecule has 0 radical (unpaired) electrons. The molecule has 0 spiro atoms. The van der Waals surface area contributed by atoms with Crippen LogP contribution in [0.1, 0.15) is 20.8 Å². The van der Waals surface area contributed by atoms with Gasteiger partial charge >= 0.3 is 12.2 Å². The van der Waals surface area contributed by atoms with Crippen LogP contribution in [0.5, 0.6) is 5.88 Å². The van der Waals surface area contributed by atoms with Crippen molar-refractivity contribution in [1.29, 1.82) is 0 Å². The fourth-order valence-corrected chi connectivity index (χ4v) is 2.75. The number of nitrogens with zero attached hydrogens (tertiary/aromatic N) is 5. The van der Waals surface area contributed by atoms with Gasteiger partial charge in [-0.1, -0.05) is 0 Å². The number of carboxylic acid groups (broad SMARTS) is 1. The average molecular weight is 393 g/mol. The number of piperazine rings is 1. The molecule has 3 rings (SSSR count). The SMILES string of the molecule is CC(C)(C)OC(=O)N1CC(Oc2cnc(N3CCN(C(=O)O)CC3=O)cn2)C1. The van der Waals surface area contributed by atoms with Crippen LogP contribution in [0, 0.1) is 0 Å². The summed E-state index contributed by atoms with van der Waals surface area (Å²) in [5.74, 6) is 0.268. The van der Waals surface area contributed by atoms with Crippen LogP contribution in [-0.2, 0) is 9.53 Å². The monoisotopic (exact) mass is 393 g/mol. The standard InChI is InChI=1S/C17H23N5O6/c1-17(2,3)28-16(26)21-8-11(9-21)27-13-7-18-12(6-19-13)22-5-4-20(15(24)25)10-14(22)23/h6-7,11H,4-5,8-10H2,1-3H3,(H,24,25). The van der Waals surface area contributed by atoms with Crippen molar-refractivity contribution in [3.8, 4) is 5.88 Å². The third-order valence-corrected chi connectivity index (χ3v) is 4.17. The van der Waals surface area contributed by atoms with E-state index in [0.29, 0.717) is 18.9 Å². The second-order valence-electron chi connectivity index (χ2n) is 7.59. The first kappa shape index (κ1) is 19.6. The van der Waals surface area contributed by atoms with Gasteiger partial charge in [0.25, 0.3) is 0 Å². The Balaban J connectivity index is 1.49. The number of rotatable bonds is 3. The van der Waals surface area contributed by atoms with E-state index in [2.05, 4.69) is 9.97 Å². The number of anilines is 1. The maximum absolute atomic E-state index is 12.1. The highest BCUT2D eigenvalue weighted by molar-refractivity contribution is 5.96.